The second kappa shape index (κ2) is 7.49. The molecule has 0 radical (unpaired) electrons. The third kappa shape index (κ3) is 4.50. The molecule has 2 aromatic rings. The van der Waals surface area contributed by atoms with Crippen molar-refractivity contribution in [3.63, 3.8) is 0 Å². The molecule has 1 N–H and O–H groups in total. The molecule has 0 fully saturated rings. The van der Waals surface area contributed by atoms with E-state index < -0.39 is 0 Å². The Labute approximate surface area is 118 Å². The first-order chi connectivity index (χ1) is 7.86. The predicted octanol–water partition coefficient (Wildman–Crippen LogP) is 0.634. The van der Waals surface area contributed by atoms with Crippen LogP contribution in [-0.2, 0) is 13.1 Å². The first-order valence-corrected chi connectivity index (χ1v) is 5.72. The molecule has 0 amide bonds. The van der Waals surface area contributed by atoms with Crippen LogP contribution in [0.4, 0.5) is 0 Å². The van der Waals surface area contributed by atoms with E-state index in [2.05, 4.69) is 17.4 Å². The van der Waals surface area contributed by atoms with E-state index in [9.17, 15) is 0 Å². The molecule has 0 aliphatic heterocycles. The van der Waals surface area contributed by atoms with E-state index in [-0.39, 0.29) is 17.0 Å². The van der Waals surface area contributed by atoms with Crippen LogP contribution in [0.1, 0.15) is 11.1 Å². The molecular weight excluding hydrogens is 298 g/mol. The topological polar surface area (TPSA) is 12.0 Å². The van der Waals surface area contributed by atoms with Crippen molar-refractivity contribution >= 4 is 11.6 Å². The van der Waals surface area contributed by atoms with Crippen molar-refractivity contribution in [3.05, 3.63) is 70.7 Å². The predicted molar refractivity (Wildman–Crippen MR) is 68.4 cm³/mol. The molecule has 17 heavy (non-hydrogen) atoms. The molecule has 1 nitrogen and oxygen atoms in total. The zero-order valence-electron chi connectivity index (χ0n) is 9.37. The Kier molecular flexibility index (Phi) is 6.27. The highest BCUT2D eigenvalue weighted by Gasteiger charge is 1.97. The lowest BCUT2D eigenvalue weighted by Crippen LogP contribution is -3.00. The van der Waals surface area contributed by atoms with Gasteiger partial charge in [0, 0.05) is 18.1 Å². The Balaban J connectivity index is 0.00000144. The molecule has 90 valence electrons. The van der Waals surface area contributed by atoms with Crippen molar-refractivity contribution in [1.29, 1.82) is 0 Å². The van der Waals surface area contributed by atoms with E-state index in [1.54, 1.807) is 0 Å². The number of rotatable bonds is 4. The lowest BCUT2D eigenvalue weighted by molar-refractivity contribution is -0.00000315. The van der Waals surface area contributed by atoms with Gasteiger partial charge in [-0.2, -0.15) is 0 Å². The van der Waals surface area contributed by atoms with Gasteiger partial charge in [-0.05, 0) is 17.2 Å². The highest BCUT2D eigenvalue weighted by Crippen LogP contribution is 2.14. The maximum absolute atomic E-state index is 6.07. The highest BCUT2D eigenvalue weighted by atomic mass is 79.9. The van der Waals surface area contributed by atoms with Crippen LogP contribution >= 0.6 is 11.6 Å². The fraction of sp³-hybridized carbons (Fsp3) is 0.143. The zero-order valence-corrected chi connectivity index (χ0v) is 11.7. The Bertz CT molecular complexity index is 445. The van der Waals surface area contributed by atoms with Gasteiger partial charge in [0.2, 0.25) is 0 Å². The van der Waals surface area contributed by atoms with Crippen LogP contribution in [-0.4, -0.2) is 0 Å². The Morgan fingerprint density at radius 3 is 2.18 bits per heavy atom. The molecule has 0 aliphatic rings. The van der Waals surface area contributed by atoms with Crippen LogP contribution in [0.2, 0.25) is 5.02 Å². The first-order valence-electron chi connectivity index (χ1n) is 5.34. The molecular formula is C14H14BrClN-. The van der Waals surface area contributed by atoms with Gasteiger partial charge in [0.05, 0.1) is 0 Å². The molecule has 0 aromatic heterocycles. The van der Waals surface area contributed by atoms with Gasteiger partial charge in [0.15, 0.2) is 0 Å². The van der Waals surface area contributed by atoms with Crippen molar-refractivity contribution < 1.29 is 17.0 Å². The number of nitrogens with one attached hydrogen (secondary N) is 1. The minimum absolute atomic E-state index is 0. The Morgan fingerprint density at radius 1 is 0.824 bits per heavy atom. The summed E-state index contributed by atoms with van der Waals surface area (Å²) in [4.78, 5) is 0. The molecule has 3 heteroatoms. The average molecular weight is 312 g/mol. The van der Waals surface area contributed by atoms with Gasteiger partial charge in [0.25, 0.3) is 0 Å². The van der Waals surface area contributed by atoms with Crippen LogP contribution < -0.4 is 22.3 Å². The van der Waals surface area contributed by atoms with Crippen LogP contribution in [0, 0.1) is 0 Å². The van der Waals surface area contributed by atoms with E-state index in [0.29, 0.717) is 0 Å². The summed E-state index contributed by atoms with van der Waals surface area (Å²) in [6, 6.07) is 18.3. The average Bonchev–Trinajstić information content (AvgIpc) is 2.33. The summed E-state index contributed by atoms with van der Waals surface area (Å²) in [5.74, 6) is 0. The third-order valence-electron chi connectivity index (χ3n) is 2.45. The lowest BCUT2D eigenvalue weighted by atomic mass is 10.2. The number of halogens is 2. The molecule has 0 saturated carbocycles. The van der Waals surface area contributed by atoms with E-state index in [0.717, 1.165) is 23.7 Å². The fourth-order valence-corrected chi connectivity index (χ4v) is 1.78. The first kappa shape index (κ1) is 14.2. The summed E-state index contributed by atoms with van der Waals surface area (Å²) < 4.78 is 0. The summed E-state index contributed by atoms with van der Waals surface area (Å²) in [6.07, 6.45) is 0. The van der Waals surface area contributed by atoms with Gasteiger partial charge in [-0.15, -0.1) is 0 Å². The summed E-state index contributed by atoms with van der Waals surface area (Å²) in [5, 5.41) is 4.20. The Morgan fingerprint density at radius 2 is 1.47 bits per heavy atom. The highest BCUT2D eigenvalue weighted by molar-refractivity contribution is 6.31. The van der Waals surface area contributed by atoms with Crippen molar-refractivity contribution in [2.24, 2.45) is 0 Å². The van der Waals surface area contributed by atoms with Gasteiger partial charge in [-0.3, -0.25) is 0 Å². The number of benzene rings is 2. The molecule has 2 aromatic carbocycles. The molecule has 0 spiro atoms. The van der Waals surface area contributed by atoms with Crippen molar-refractivity contribution in [3.8, 4) is 0 Å². The van der Waals surface area contributed by atoms with Gasteiger partial charge >= 0.3 is 0 Å². The van der Waals surface area contributed by atoms with Crippen molar-refractivity contribution in [1.82, 2.24) is 5.32 Å². The molecule has 0 unspecified atom stereocenters. The second-order valence-electron chi connectivity index (χ2n) is 3.68. The minimum atomic E-state index is 0. The van der Waals surface area contributed by atoms with Crippen LogP contribution in [0.5, 0.6) is 0 Å². The maximum atomic E-state index is 6.07. The van der Waals surface area contributed by atoms with Gasteiger partial charge in [-0.1, -0.05) is 60.1 Å². The standard InChI is InChI=1S/C14H14ClN.BrH/c15-14-9-5-4-8-13(14)11-16-10-12-6-2-1-3-7-12;/h1-9,16H,10-11H2;1H/p-1. The smallest absolute Gasteiger partial charge is 0.0450 e. The largest absolute Gasteiger partial charge is 1.00 e. The summed E-state index contributed by atoms with van der Waals surface area (Å²) in [6.45, 7) is 1.67. The second-order valence-corrected chi connectivity index (χ2v) is 4.09. The fourth-order valence-electron chi connectivity index (χ4n) is 1.58. The summed E-state index contributed by atoms with van der Waals surface area (Å²) in [7, 11) is 0. The monoisotopic (exact) mass is 310 g/mol. The summed E-state index contributed by atoms with van der Waals surface area (Å²) in [5.41, 5.74) is 2.43. The minimum Gasteiger partial charge on any atom is -1.00 e. The van der Waals surface area contributed by atoms with E-state index in [1.807, 2.05) is 42.5 Å². The van der Waals surface area contributed by atoms with Gasteiger partial charge < -0.3 is 22.3 Å². The lowest BCUT2D eigenvalue weighted by Gasteiger charge is -2.06. The summed E-state index contributed by atoms with van der Waals surface area (Å²) >= 11 is 6.07. The zero-order chi connectivity index (χ0) is 11.2. The molecule has 0 heterocycles. The molecule has 0 aliphatic carbocycles. The third-order valence-corrected chi connectivity index (χ3v) is 2.81. The molecule has 2 rings (SSSR count). The van der Waals surface area contributed by atoms with Gasteiger partial charge in [-0.25, -0.2) is 0 Å². The van der Waals surface area contributed by atoms with Gasteiger partial charge in [0.1, 0.15) is 0 Å². The quantitative estimate of drug-likeness (QED) is 0.873. The van der Waals surface area contributed by atoms with Crippen molar-refractivity contribution in [2.75, 3.05) is 0 Å². The van der Waals surface area contributed by atoms with Crippen LogP contribution in [0.25, 0.3) is 0 Å². The Hall–Kier alpha value is -0.830. The molecule has 0 bridgehead atoms. The molecule has 0 atom stereocenters. The van der Waals surface area contributed by atoms with E-state index in [1.165, 1.54) is 5.56 Å². The maximum Gasteiger partial charge on any atom is 0.0450 e. The van der Waals surface area contributed by atoms with E-state index >= 15 is 0 Å². The SMILES string of the molecule is Clc1ccccc1CNCc1ccccc1.[Br-]. The molecule has 0 saturated heterocycles. The van der Waals surface area contributed by atoms with E-state index in [4.69, 9.17) is 11.6 Å². The van der Waals surface area contributed by atoms with Crippen LogP contribution in [0.3, 0.4) is 0 Å². The van der Waals surface area contributed by atoms with Crippen molar-refractivity contribution in [2.45, 2.75) is 13.1 Å². The van der Waals surface area contributed by atoms with Crippen LogP contribution in [0.15, 0.2) is 54.6 Å². The number of hydrogen-bond donors (Lipinski definition) is 1. The normalized spacial score (nSPS) is 9.71. The number of hydrogen-bond acceptors (Lipinski definition) is 1.